The van der Waals surface area contributed by atoms with Crippen LogP contribution in [0.5, 0.6) is 0 Å². The summed E-state index contributed by atoms with van der Waals surface area (Å²) in [5.74, 6) is -1.61. The predicted molar refractivity (Wildman–Crippen MR) is 83.3 cm³/mol. The number of carbonyl (C=O) groups is 2. The zero-order chi connectivity index (χ0) is 17.9. The van der Waals surface area contributed by atoms with E-state index in [-0.39, 0.29) is 16.5 Å². The summed E-state index contributed by atoms with van der Waals surface area (Å²) in [6.45, 7) is 0.957. The molecule has 1 N–H and O–H groups in total. The van der Waals surface area contributed by atoms with E-state index in [0.29, 0.717) is 0 Å². The minimum atomic E-state index is -1.04. The number of nitro benzene ring substituents is 1. The van der Waals surface area contributed by atoms with Gasteiger partial charge in [0.1, 0.15) is 11.1 Å². The van der Waals surface area contributed by atoms with Crippen molar-refractivity contribution in [3.63, 3.8) is 0 Å². The number of nitro groups is 1. The van der Waals surface area contributed by atoms with Crippen molar-refractivity contribution >= 4 is 29.2 Å². The average Bonchev–Trinajstić information content (AvgIpc) is 3.37. The summed E-state index contributed by atoms with van der Waals surface area (Å²) in [5.41, 5.74) is -1.82. The van der Waals surface area contributed by atoms with Crippen LogP contribution in [0.3, 0.4) is 0 Å². The van der Waals surface area contributed by atoms with Crippen LogP contribution in [0.4, 0.5) is 5.69 Å². The summed E-state index contributed by atoms with van der Waals surface area (Å²) < 4.78 is 4.80. The molecule has 0 aliphatic heterocycles. The summed E-state index contributed by atoms with van der Waals surface area (Å²) in [6, 6.07) is 5.50. The van der Waals surface area contributed by atoms with E-state index >= 15 is 0 Å². The molecule has 2 rings (SSSR count). The molecule has 9 heteroatoms. The second kappa shape index (κ2) is 6.84. The van der Waals surface area contributed by atoms with E-state index in [9.17, 15) is 19.7 Å². The Kier molecular flexibility index (Phi) is 5.04. The standard InChI is InChI=1S/C15H14ClN3O5/c1-15(8-17,9-2-3-9)18-13(20)7-24-14(21)11-6-10(16)4-5-12(11)19(22)23/h4-6,9H,2-3,7H2,1H3,(H,18,20)/t15-/m0/s1. The predicted octanol–water partition coefficient (Wildman–Crippen LogP) is 2.21. The fourth-order valence-corrected chi connectivity index (χ4v) is 2.42. The first kappa shape index (κ1) is 17.7. The molecule has 1 atom stereocenters. The number of esters is 1. The Labute approximate surface area is 142 Å². The summed E-state index contributed by atoms with van der Waals surface area (Å²) >= 11 is 5.73. The molecule has 24 heavy (non-hydrogen) atoms. The van der Waals surface area contributed by atoms with Gasteiger partial charge in [0.05, 0.1) is 11.0 Å². The summed E-state index contributed by atoms with van der Waals surface area (Å²) in [4.78, 5) is 34.0. The third kappa shape index (κ3) is 4.00. The fourth-order valence-electron chi connectivity index (χ4n) is 2.25. The van der Waals surface area contributed by atoms with Gasteiger partial charge < -0.3 is 10.1 Å². The lowest BCUT2D eigenvalue weighted by Crippen LogP contribution is -2.48. The largest absolute Gasteiger partial charge is 0.452 e. The highest BCUT2D eigenvalue weighted by Crippen LogP contribution is 2.39. The van der Waals surface area contributed by atoms with Crippen molar-refractivity contribution in [2.24, 2.45) is 5.92 Å². The number of ether oxygens (including phenoxy) is 1. The maximum Gasteiger partial charge on any atom is 0.345 e. The van der Waals surface area contributed by atoms with Crippen LogP contribution in [-0.4, -0.2) is 28.9 Å². The van der Waals surface area contributed by atoms with Gasteiger partial charge in [0.25, 0.3) is 11.6 Å². The second-order valence-corrected chi connectivity index (χ2v) is 6.07. The molecule has 1 aliphatic carbocycles. The van der Waals surface area contributed by atoms with Crippen LogP contribution in [-0.2, 0) is 9.53 Å². The van der Waals surface area contributed by atoms with Crippen molar-refractivity contribution in [1.29, 1.82) is 5.26 Å². The quantitative estimate of drug-likeness (QED) is 0.476. The molecule has 0 spiro atoms. The van der Waals surface area contributed by atoms with Gasteiger partial charge in [-0.05, 0) is 37.8 Å². The van der Waals surface area contributed by atoms with E-state index in [4.69, 9.17) is 21.6 Å². The topological polar surface area (TPSA) is 122 Å². The number of amides is 1. The van der Waals surface area contributed by atoms with Crippen LogP contribution < -0.4 is 5.32 Å². The van der Waals surface area contributed by atoms with E-state index in [1.54, 1.807) is 6.92 Å². The summed E-state index contributed by atoms with van der Waals surface area (Å²) in [6.07, 6.45) is 1.69. The highest BCUT2D eigenvalue weighted by Gasteiger charge is 2.43. The maximum atomic E-state index is 12.0. The lowest BCUT2D eigenvalue weighted by molar-refractivity contribution is -0.385. The van der Waals surface area contributed by atoms with E-state index in [2.05, 4.69) is 5.32 Å². The van der Waals surface area contributed by atoms with Crippen LogP contribution >= 0.6 is 11.6 Å². The molecule has 0 unspecified atom stereocenters. The first-order valence-corrected chi connectivity index (χ1v) is 7.48. The normalized spacial score (nSPS) is 15.7. The molecule has 0 heterocycles. The molecular formula is C15H14ClN3O5. The number of rotatable bonds is 6. The van der Waals surface area contributed by atoms with Crippen molar-refractivity contribution < 1.29 is 19.2 Å². The number of hydrogen-bond acceptors (Lipinski definition) is 6. The molecule has 126 valence electrons. The average molecular weight is 352 g/mol. The first-order chi connectivity index (χ1) is 11.3. The highest BCUT2D eigenvalue weighted by atomic mass is 35.5. The van der Waals surface area contributed by atoms with Gasteiger partial charge in [0.2, 0.25) is 0 Å². The number of nitrogens with one attached hydrogen (secondary N) is 1. The molecule has 1 aromatic carbocycles. The van der Waals surface area contributed by atoms with E-state index in [1.165, 1.54) is 6.07 Å². The third-order valence-electron chi connectivity index (χ3n) is 3.73. The van der Waals surface area contributed by atoms with Crippen molar-refractivity contribution in [1.82, 2.24) is 5.32 Å². The Morgan fingerprint density at radius 2 is 2.21 bits per heavy atom. The van der Waals surface area contributed by atoms with Crippen LogP contribution in [0, 0.1) is 27.4 Å². The van der Waals surface area contributed by atoms with Crippen molar-refractivity contribution in [3.05, 3.63) is 38.9 Å². The first-order valence-electron chi connectivity index (χ1n) is 7.10. The number of halogens is 1. The van der Waals surface area contributed by atoms with Gasteiger partial charge in [-0.2, -0.15) is 5.26 Å². The minimum absolute atomic E-state index is 0.0798. The molecule has 1 aromatic rings. The smallest absolute Gasteiger partial charge is 0.345 e. The van der Waals surface area contributed by atoms with Gasteiger partial charge in [-0.3, -0.25) is 14.9 Å². The molecule has 0 aromatic heterocycles. The Morgan fingerprint density at radius 1 is 1.54 bits per heavy atom. The number of hydrogen-bond donors (Lipinski definition) is 1. The van der Waals surface area contributed by atoms with Gasteiger partial charge in [0.15, 0.2) is 6.61 Å². The van der Waals surface area contributed by atoms with Gasteiger partial charge >= 0.3 is 5.97 Å². The van der Waals surface area contributed by atoms with E-state index in [1.807, 2.05) is 6.07 Å². The number of carbonyl (C=O) groups excluding carboxylic acids is 2. The monoisotopic (exact) mass is 351 g/mol. The van der Waals surface area contributed by atoms with Crippen LogP contribution in [0.25, 0.3) is 0 Å². The highest BCUT2D eigenvalue weighted by molar-refractivity contribution is 6.31. The molecule has 8 nitrogen and oxygen atoms in total. The Bertz CT molecular complexity index is 741. The van der Waals surface area contributed by atoms with Crippen molar-refractivity contribution in [2.45, 2.75) is 25.3 Å². The number of benzene rings is 1. The van der Waals surface area contributed by atoms with Gasteiger partial charge in [0, 0.05) is 11.1 Å². The lowest BCUT2D eigenvalue weighted by atomic mass is 9.98. The second-order valence-electron chi connectivity index (χ2n) is 5.63. The Morgan fingerprint density at radius 3 is 2.75 bits per heavy atom. The van der Waals surface area contributed by atoms with Crippen molar-refractivity contribution in [2.75, 3.05) is 6.61 Å². The Balaban J connectivity index is 2.01. The zero-order valence-corrected chi connectivity index (χ0v) is 13.5. The number of nitriles is 1. The third-order valence-corrected chi connectivity index (χ3v) is 3.97. The van der Waals surface area contributed by atoms with Gasteiger partial charge in [-0.15, -0.1) is 0 Å². The maximum absolute atomic E-state index is 12.0. The summed E-state index contributed by atoms with van der Waals surface area (Å²) in [5, 5.41) is 22.7. The molecule has 0 bridgehead atoms. The van der Waals surface area contributed by atoms with Crippen LogP contribution in [0.2, 0.25) is 5.02 Å². The summed E-state index contributed by atoms with van der Waals surface area (Å²) in [7, 11) is 0. The SMILES string of the molecule is C[C@@](C#N)(NC(=O)COC(=O)c1cc(Cl)ccc1[N+](=O)[O-])C1CC1. The molecule has 1 saturated carbocycles. The minimum Gasteiger partial charge on any atom is -0.452 e. The van der Waals surface area contributed by atoms with E-state index < -0.39 is 34.6 Å². The van der Waals surface area contributed by atoms with Crippen LogP contribution in [0.15, 0.2) is 18.2 Å². The van der Waals surface area contributed by atoms with Gasteiger partial charge in [-0.25, -0.2) is 4.79 Å². The molecule has 0 saturated heterocycles. The van der Waals surface area contributed by atoms with Gasteiger partial charge in [-0.1, -0.05) is 11.6 Å². The van der Waals surface area contributed by atoms with Crippen LogP contribution in [0.1, 0.15) is 30.1 Å². The molecule has 1 fully saturated rings. The van der Waals surface area contributed by atoms with E-state index in [0.717, 1.165) is 25.0 Å². The molecule has 1 aliphatic rings. The lowest BCUT2D eigenvalue weighted by Gasteiger charge is -2.22. The molecular weight excluding hydrogens is 338 g/mol. The molecule has 0 radical (unpaired) electrons. The number of nitrogens with zero attached hydrogens (tertiary/aromatic N) is 2. The Hall–Kier alpha value is -2.66. The molecule has 1 amide bonds. The fraction of sp³-hybridized carbons (Fsp3) is 0.400. The van der Waals surface area contributed by atoms with Crippen molar-refractivity contribution in [3.8, 4) is 6.07 Å². The zero-order valence-electron chi connectivity index (χ0n) is 12.7.